The molecule has 0 atom stereocenters. The summed E-state index contributed by atoms with van der Waals surface area (Å²) in [5, 5.41) is 0.381. The standard InChI is InChI=1S/C36H33O7P/c1-39-28-23-31(40-2)33(32(24-28)41-3)36(38)44(4,35(37)25-15-8-5-9-16-25)34-29(42-26-17-10-6-11-18-26)21-14-22-30(34)43-27-19-12-7-13-20-27/h5-24,44H,1-4H3. The van der Waals surface area contributed by atoms with Crippen LogP contribution in [0.5, 0.6) is 40.2 Å². The van der Waals surface area contributed by atoms with Crippen molar-refractivity contribution in [2.45, 2.75) is 0 Å². The number of rotatable bonds is 12. The van der Waals surface area contributed by atoms with Gasteiger partial charge in [0.25, 0.3) is 0 Å². The molecule has 7 nitrogen and oxygen atoms in total. The number of carbonyl (C=O) groups is 2. The Morgan fingerprint density at radius 1 is 0.500 bits per heavy atom. The molecule has 0 saturated carbocycles. The van der Waals surface area contributed by atoms with Crippen molar-refractivity contribution in [2.75, 3.05) is 28.0 Å². The summed E-state index contributed by atoms with van der Waals surface area (Å²) < 4.78 is 29.6. The third-order valence-electron chi connectivity index (χ3n) is 7.32. The molecule has 224 valence electrons. The number of benzene rings is 5. The maximum absolute atomic E-state index is 15.2. The summed E-state index contributed by atoms with van der Waals surface area (Å²) in [5.74, 6) is 2.64. The van der Waals surface area contributed by atoms with E-state index in [4.69, 9.17) is 23.7 Å². The van der Waals surface area contributed by atoms with E-state index in [-0.39, 0.29) is 22.6 Å². The second-order valence-electron chi connectivity index (χ2n) is 10.0. The van der Waals surface area contributed by atoms with Gasteiger partial charge in [-0.15, -0.1) is 0 Å². The molecule has 5 aromatic rings. The van der Waals surface area contributed by atoms with Gasteiger partial charge in [0.2, 0.25) is 0 Å². The van der Waals surface area contributed by atoms with Crippen molar-refractivity contribution in [1.82, 2.24) is 0 Å². The summed E-state index contributed by atoms with van der Waals surface area (Å²) >= 11 is 0. The summed E-state index contributed by atoms with van der Waals surface area (Å²) in [7, 11) is 0.365. The molecule has 0 N–H and O–H groups in total. The van der Waals surface area contributed by atoms with E-state index in [1.807, 2.05) is 66.7 Å². The van der Waals surface area contributed by atoms with Gasteiger partial charge in [0.05, 0.1) is 0 Å². The molecular formula is C36H33O7P. The maximum atomic E-state index is 15.2. The molecule has 0 amide bonds. The average molecular weight is 609 g/mol. The van der Waals surface area contributed by atoms with Crippen LogP contribution >= 0.6 is 7.26 Å². The SMILES string of the molecule is COc1cc(OC)c(C(=O)[PH](C)(C(=O)c2ccccc2)c2c(Oc3ccccc3)cccc2Oc2ccccc2)c(OC)c1. The van der Waals surface area contributed by atoms with Gasteiger partial charge in [0, 0.05) is 0 Å². The van der Waals surface area contributed by atoms with E-state index in [1.54, 1.807) is 61.3 Å². The van der Waals surface area contributed by atoms with Crippen LogP contribution in [0.25, 0.3) is 0 Å². The molecule has 0 saturated heterocycles. The molecule has 0 aliphatic carbocycles. The van der Waals surface area contributed by atoms with E-state index in [2.05, 4.69) is 0 Å². The van der Waals surface area contributed by atoms with Crippen LogP contribution in [-0.2, 0) is 0 Å². The van der Waals surface area contributed by atoms with Gasteiger partial charge in [-0.25, -0.2) is 0 Å². The first-order valence-corrected chi connectivity index (χ1v) is 16.4. The Kier molecular flexibility index (Phi) is 9.27. The minimum absolute atomic E-state index is 0.134. The Labute approximate surface area is 257 Å². The van der Waals surface area contributed by atoms with Crippen molar-refractivity contribution >= 4 is 23.6 Å². The van der Waals surface area contributed by atoms with Crippen molar-refractivity contribution in [3.8, 4) is 40.2 Å². The molecule has 5 aromatic carbocycles. The van der Waals surface area contributed by atoms with E-state index in [0.29, 0.717) is 39.6 Å². The van der Waals surface area contributed by atoms with Gasteiger partial charge in [-0.2, -0.15) is 0 Å². The number of methoxy groups -OCH3 is 3. The molecule has 0 spiro atoms. The molecular weight excluding hydrogens is 575 g/mol. The Balaban J connectivity index is 1.82. The third kappa shape index (κ3) is 6.01. The van der Waals surface area contributed by atoms with Crippen LogP contribution < -0.4 is 29.0 Å². The molecule has 0 radical (unpaired) electrons. The summed E-state index contributed by atoms with van der Waals surface area (Å²) in [6.45, 7) is 1.72. The molecule has 0 aliphatic rings. The molecule has 0 fully saturated rings. The van der Waals surface area contributed by atoms with Crippen LogP contribution in [0, 0.1) is 0 Å². The number of hydrogen-bond acceptors (Lipinski definition) is 7. The molecule has 0 heterocycles. The number of para-hydroxylation sites is 2. The van der Waals surface area contributed by atoms with Gasteiger partial charge < -0.3 is 0 Å². The molecule has 44 heavy (non-hydrogen) atoms. The quantitative estimate of drug-likeness (QED) is 0.133. The first kappa shape index (κ1) is 30.3. The predicted octanol–water partition coefficient (Wildman–Crippen LogP) is 7.98. The van der Waals surface area contributed by atoms with Crippen LogP contribution in [0.1, 0.15) is 20.7 Å². The predicted molar refractivity (Wildman–Crippen MR) is 175 cm³/mol. The molecule has 8 heteroatoms. The molecule has 0 aliphatic heterocycles. The van der Waals surface area contributed by atoms with Crippen molar-refractivity contribution < 1.29 is 33.3 Å². The Morgan fingerprint density at radius 2 is 0.955 bits per heavy atom. The van der Waals surface area contributed by atoms with Gasteiger partial charge in [-0.3, -0.25) is 0 Å². The minimum atomic E-state index is -4.06. The Bertz CT molecular complexity index is 1670. The second kappa shape index (κ2) is 13.4. The number of hydrogen-bond donors (Lipinski definition) is 0. The van der Waals surface area contributed by atoms with Crippen LogP contribution in [0.15, 0.2) is 121 Å². The van der Waals surface area contributed by atoms with Crippen molar-refractivity contribution in [3.63, 3.8) is 0 Å². The first-order chi connectivity index (χ1) is 21.4. The van der Waals surface area contributed by atoms with Gasteiger partial charge in [0.15, 0.2) is 0 Å². The Hall–Kier alpha value is -5.13. The van der Waals surface area contributed by atoms with E-state index in [1.165, 1.54) is 21.3 Å². The van der Waals surface area contributed by atoms with Gasteiger partial charge >= 0.3 is 258 Å². The Morgan fingerprint density at radius 3 is 1.39 bits per heavy atom. The van der Waals surface area contributed by atoms with Crippen molar-refractivity contribution in [2.24, 2.45) is 0 Å². The zero-order valence-electron chi connectivity index (χ0n) is 24.9. The summed E-state index contributed by atoms with van der Waals surface area (Å²) in [5.41, 5.74) is -0.245. The van der Waals surface area contributed by atoms with Crippen LogP contribution in [-0.4, -0.2) is 39.0 Å². The average Bonchev–Trinajstić information content (AvgIpc) is 3.08. The van der Waals surface area contributed by atoms with Crippen LogP contribution in [0.4, 0.5) is 0 Å². The van der Waals surface area contributed by atoms with Crippen molar-refractivity contribution in [1.29, 1.82) is 0 Å². The van der Waals surface area contributed by atoms with Crippen LogP contribution in [0.2, 0.25) is 0 Å². The van der Waals surface area contributed by atoms with E-state index >= 15 is 4.79 Å². The zero-order chi connectivity index (χ0) is 31.1. The summed E-state index contributed by atoms with van der Waals surface area (Å²) in [6.07, 6.45) is 0. The van der Waals surface area contributed by atoms with E-state index < -0.39 is 12.8 Å². The van der Waals surface area contributed by atoms with E-state index in [9.17, 15) is 4.79 Å². The van der Waals surface area contributed by atoms with Gasteiger partial charge in [0.1, 0.15) is 0 Å². The molecule has 0 aromatic heterocycles. The second-order valence-corrected chi connectivity index (χ2v) is 13.7. The first-order valence-electron chi connectivity index (χ1n) is 13.9. The number of carbonyl (C=O) groups excluding carboxylic acids is 2. The van der Waals surface area contributed by atoms with Gasteiger partial charge in [-0.05, 0) is 0 Å². The summed E-state index contributed by atoms with van der Waals surface area (Å²) in [6, 6.07) is 35.7. The monoisotopic (exact) mass is 608 g/mol. The summed E-state index contributed by atoms with van der Waals surface area (Å²) in [4.78, 5) is 30.0. The van der Waals surface area contributed by atoms with E-state index in [0.717, 1.165) is 0 Å². The fourth-order valence-electron chi connectivity index (χ4n) is 5.09. The van der Waals surface area contributed by atoms with Crippen LogP contribution in [0.3, 0.4) is 0 Å². The zero-order valence-corrected chi connectivity index (χ0v) is 25.9. The fraction of sp³-hybridized carbons (Fsp3) is 0.111. The molecule has 5 rings (SSSR count). The van der Waals surface area contributed by atoms with Crippen molar-refractivity contribution in [3.05, 3.63) is 132 Å². The van der Waals surface area contributed by atoms with Gasteiger partial charge in [-0.1, -0.05) is 0 Å². The number of ether oxygens (including phenoxy) is 5. The molecule has 0 unspecified atom stereocenters. The topological polar surface area (TPSA) is 80.3 Å². The molecule has 0 bridgehead atoms. The third-order valence-corrected chi connectivity index (χ3v) is 11.2. The normalized spacial score (nSPS) is 11.3. The fourth-order valence-corrected chi connectivity index (χ4v) is 8.50.